The molecule has 0 amide bonds. The van der Waals surface area contributed by atoms with E-state index in [1.807, 2.05) is 0 Å². The van der Waals surface area contributed by atoms with Crippen LogP contribution in [-0.4, -0.2) is 0 Å². The van der Waals surface area contributed by atoms with Gasteiger partial charge in [0.15, 0.2) is 0 Å². The molecule has 0 fully saturated rings. The van der Waals surface area contributed by atoms with E-state index < -0.39 is 0 Å². The van der Waals surface area contributed by atoms with Crippen molar-refractivity contribution in [2.45, 2.75) is 26.2 Å². The Hall–Kier alpha value is -6.24. The van der Waals surface area contributed by atoms with Gasteiger partial charge in [-0.15, -0.1) is 0 Å². The molecule has 0 N–H and O–H groups in total. The van der Waals surface area contributed by atoms with Gasteiger partial charge in [-0.1, -0.05) is 160 Å². The van der Waals surface area contributed by atoms with Gasteiger partial charge in [0.05, 0.1) is 0 Å². The van der Waals surface area contributed by atoms with Gasteiger partial charge in [0.2, 0.25) is 0 Å². The molecule has 0 heterocycles. The fraction of sp³-hybridized carbons (Fsp3) is 0.0769. The van der Waals surface area contributed by atoms with Crippen LogP contribution in [0, 0.1) is 0 Å². The van der Waals surface area contributed by atoms with E-state index in [1.165, 1.54) is 125 Å². The monoisotopic (exact) mass is 658 g/mol. The average molecular weight is 659 g/mol. The zero-order valence-electron chi connectivity index (χ0n) is 29.4. The SMILES string of the molecule is CC(C)(C)c1cc2ccc3ccc4c5c(-c6ccccc6)c6c(cc7c8ccccc8c8cccc6c87)c(-c6ccccc6)c5c5cc(c1)c2c3c54. The van der Waals surface area contributed by atoms with Crippen LogP contribution in [0.15, 0.2) is 152 Å². The molecule has 0 radical (unpaired) electrons. The molecule has 0 aliphatic heterocycles. The fourth-order valence-electron chi connectivity index (χ4n) is 9.96. The van der Waals surface area contributed by atoms with Crippen molar-refractivity contribution >= 4 is 97.0 Å². The molecule has 12 rings (SSSR count). The first-order valence-corrected chi connectivity index (χ1v) is 18.5. The summed E-state index contributed by atoms with van der Waals surface area (Å²) in [7, 11) is 0. The quantitative estimate of drug-likeness (QED) is 0.162. The predicted molar refractivity (Wildman–Crippen MR) is 227 cm³/mol. The minimum Gasteiger partial charge on any atom is -0.0622 e. The number of fused-ring (bicyclic) bond motifs is 8. The lowest BCUT2D eigenvalue weighted by Crippen LogP contribution is -2.10. The van der Waals surface area contributed by atoms with E-state index in [4.69, 9.17) is 0 Å². The molecule has 0 spiro atoms. The molecule has 0 saturated heterocycles. The lowest BCUT2D eigenvalue weighted by atomic mass is 9.82. The Morgan fingerprint density at radius 3 is 1.62 bits per heavy atom. The zero-order chi connectivity index (χ0) is 34.5. The first kappa shape index (κ1) is 28.5. The first-order valence-electron chi connectivity index (χ1n) is 18.5. The van der Waals surface area contributed by atoms with Crippen molar-refractivity contribution in [2.24, 2.45) is 0 Å². The van der Waals surface area contributed by atoms with Crippen molar-refractivity contribution in [2.75, 3.05) is 0 Å². The maximum atomic E-state index is 2.54. The Bertz CT molecular complexity index is 3400. The van der Waals surface area contributed by atoms with Crippen LogP contribution in [0.4, 0.5) is 0 Å². The van der Waals surface area contributed by atoms with E-state index in [9.17, 15) is 0 Å². The fourth-order valence-corrected chi connectivity index (χ4v) is 9.96. The molecule has 242 valence electrons. The highest BCUT2D eigenvalue weighted by Gasteiger charge is 2.28. The summed E-state index contributed by atoms with van der Waals surface area (Å²) in [5.74, 6) is 0. The van der Waals surface area contributed by atoms with Gasteiger partial charge in [-0.3, -0.25) is 0 Å². The van der Waals surface area contributed by atoms with E-state index in [-0.39, 0.29) is 5.41 Å². The van der Waals surface area contributed by atoms with E-state index >= 15 is 0 Å². The van der Waals surface area contributed by atoms with Crippen molar-refractivity contribution in [1.29, 1.82) is 0 Å². The van der Waals surface area contributed by atoms with E-state index in [2.05, 4.69) is 172 Å². The van der Waals surface area contributed by atoms with Crippen LogP contribution in [-0.2, 0) is 5.41 Å². The normalized spacial score (nSPS) is 12.9. The van der Waals surface area contributed by atoms with E-state index in [0.29, 0.717) is 0 Å². The van der Waals surface area contributed by atoms with Crippen LogP contribution < -0.4 is 0 Å². The Labute approximate surface area is 301 Å². The smallest absolute Gasteiger partial charge is 0.000718 e. The molecular formula is C52H34. The largest absolute Gasteiger partial charge is 0.0622 e. The lowest BCUT2D eigenvalue weighted by molar-refractivity contribution is 0.591. The summed E-state index contributed by atoms with van der Waals surface area (Å²) in [4.78, 5) is 0. The molecule has 0 aliphatic rings. The van der Waals surface area contributed by atoms with E-state index in [0.717, 1.165) is 0 Å². The molecule has 0 aromatic heterocycles. The van der Waals surface area contributed by atoms with Crippen LogP contribution in [0.3, 0.4) is 0 Å². The summed E-state index contributed by atoms with van der Waals surface area (Å²) in [6.45, 7) is 6.99. The summed E-state index contributed by atoms with van der Waals surface area (Å²) in [6, 6.07) is 57.8. The van der Waals surface area contributed by atoms with Crippen LogP contribution in [0.5, 0.6) is 0 Å². The third-order valence-electron chi connectivity index (χ3n) is 12.2. The first-order chi connectivity index (χ1) is 25.5. The topological polar surface area (TPSA) is 0 Å². The highest BCUT2D eigenvalue weighted by Crippen LogP contribution is 2.56. The van der Waals surface area contributed by atoms with Gasteiger partial charge in [0, 0.05) is 0 Å². The van der Waals surface area contributed by atoms with Crippen LogP contribution >= 0.6 is 0 Å². The molecule has 12 aromatic carbocycles. The molecular weight excluding hydrogens is 625 g/mol. The number of hydrogen-bond donors (Lipinski definition) is 0. The molecule has 0 aliphatic carbocycles. The molecule has 0 unspecified atom stereocenters. The predicted octanol–water partition coefficient (Wildman–Crippen LogP) is 15.0. The van der Waals surface area contributed by atoms with Gasteiger partial charge in [0.25, 0.3) is 0 Å². The van der Waals surface area contributed by atoms with Crippen molar-refractivity contribution in [1.82, 2.24) is 0 Å². The van der Waals surface area contributed by atoms with Crippen molar-refractivity contribution < 1.29 is 0 Å². The van der Waals surface area contributed by atoms with Crippen LogP contribution in [0.1, 0.15) is 26.3 Å². The van der Waals surface area contributed by atoms with Gasteiger partial charge < -0.3 is 0 Å². The standard InChI is InChI=1S/C52H34/c1-52(2,3)34-25-32-22-21-31-23-24-39-49-41(27-33(26-34)43(32)45(31)49)51-44(29-13-6-4-7-14-29)42-28-40-36-18-11-10-17-35(36)37-19-12-20-38(47(37)40)48(42)46(50(39)51)30-15-8-5-9-16-30/h4-28H,1-3H3. The Kier molecular flexibility index (Phi) is 5.34. The van der Waals surface area contributed by atoms with Gasteiger partial charge in [-0.25, -0.2) is 0 Å². The van der Waals surface area contributed by atoms with Gasteiger partial charge in [-0.05, 0) is 142 Å². The number of benzene rings is 10. The highest BCUT2D eigenvalue weighted by molar-refractivity contribution is 6.47. The summed E-state index contributed by atoms with van der Waals surface area (Å²) in [5.41, 5.74) is 6.60. The molecule has 12 aromatic rings. The molecule has 0 bridgehead atoms. The highest BCUT2D eigenvalue weighted by atomic mass is 14.3. The Morgan fingerprint density at radius 2 is 0.865 bits per heavy atom. The molecule has 0 heteroatoms. The van der Waals surface area contributed by atoms with Gasteiger partial charge >= 0.3 is 0 Å². The van der Waals surface area contributed by atoms with Crippen molar-refractivity contribution in [3.05, 3.63) is 157 Å². The molecule has 52 heavy (non-hydrogen) atoms. The van der Waals surface area contributed by atoms with Crippen molar-refractivity contribution in [3.8, 4) is 22.3 Å². The third kappa shape index (κ3) is 3.52. The van der Waals surface area contributed by atoms with Gasteiger partial charge in [0.1, 0.15) is 0 Å². The maximum Gasteiger partial charge on any atom is -0.000718 e. The Morgan fingerprint density at radius 1 is 0.288 bits per heavy atom. The van der Waals surface area contributed by atoms with Crippen molar-refractivity contribution in [3.63, 3.8) is 0 Å². The van der Waals surface area contributed by atoms with Crippen LogP contribution in [0.2, 0.25) is 0 Å². The maximum absolute atomic E-state index is 2.54. The second-order valence-electron chi connectivity index (χ2n) is 16.0. The summed E-state index contributed by atoms with van der Waals surface area (Å²) in [6.07, 6.45) is 0. The number of hydrogen-bond acceptors (Lipinski definition) is 0. The summed E-state index contributed by atoms with van der Waals surface area (Å²) < 4.78 is 0. The number of rotatable bonds is 2. The summed E-state index contributed by atoms with van der Waals surface area (Å²) in [5, 5.41) is 24.2. The minimum atomic E-state index is 0.0403. The second kappa shape index (κ2) is 9.75. The Balaban J connectivity index is 1.44. The molecule has 0 saturated carbocycles. The minimum absolute atomic E-state index is 0.0403. The third-order valence-corrected chi connectivity index (χ3v) is 12.2. The van der Waals surface area contributed by atoms with Crippen LogP contribution in [0.25, 0.3) is 119 Å². The molecule has 0 atom stereocenters. The van der Waals surface area contributed by atoms with Gasteiger partial charge in [-0.2, -0.15) is 0 Å². The summed E-state index contributed by atoms with van der Waals surface area (Å²) >= 11 is 0. The average Bonchev–Trinajstić information content (AvgIpc) is 3.68. The molecule has 0 nitrogen and oxygen atoms in total. The second-order valence-corrected chi connectivity index (χ2v) is 16.0. The zero-order valence-corrected chi connectivity index (χ0v) is 29.4. The van der Waals surface area contributed by atoms with E-state index in [1.54, 1.807) is 0 Å². The lowest BCUT2D eigenvalue weighted by Gasteiger charge is -2.21.